The molecule has 5 heteroatoms. The zero-order valence-electron chi connectivity index (χ0n) is 25.6. The first kappa shape index (κ1) is 35.9. The highest BCUT2D eigenvalue weighted by Gasteiger charge is 2.36. The van der Waals surface area contributed by atoms with Gasteiger partial charge in [0.1, 0.15) is 0 Å². The maximum atomic E-state index is 12.3. The van der Waals surface area contributed by atoms with E-state index in [1.807, 2.05) is 6.08 Å². The van der Waals surface area contributed by atoms with Gasteiger partial charge in [0.15, 0.2) is 0 Å². The maximum Gasteiger partial charge on any atom is 0.220 e. The van der Waals surface area contributed by atoms with E-state index in [0.29, 0.717) is 18.6 Å². The van der Waals surface area contributed by atoms with Crippen molar-refractivity contribution < 1.29 is 19.7 Å². The second-order valence-corrected chi connectivity index (χ2v) is 11.6. The SMILES string of the molecule is CCCCCCCCCCC/C=C/[C@@H](O)[C@H](CO)NC(=O)CCCCCCC/C=C\CC1OC1CCCCC. The van der Waals surface area contributed by atoms with Crippen LogP contribution in [0, 0.1) is 0 Å². The maximum absolute atomic E-state index is 12.3. The van der Waals surface area contributed by atoms with Gasteiger partial charge in [-0.15, -0.1) is 0 Å². The summed E-state index contributed by atoms with van der Waals surface area (Å²) in [4.78, 5) is 12.3. The number of hydrogen-bond donors (Lipinski definition) is 3. The summed E-state index contributed by atoms with van der Waals surface area (Å²) in [6.45, 7) is 4.24. The largest absolute Gasteiger partial charge is 0.394 e. The molecular formula is C34H63NO4. The van der Waals surface area contributed by atoms with Crippen LogP contribution >= 0.6 is 0 Å². The van der Waals surface area contributed by atoms with Crippen LogP contribution in [0.1, 0.15) is 155 Å². The number of epoxide rings is 1. The van der Waals surface area contributed by atoms with Gasteiger partial charge in [0, 0.05) is 6.42 Å². The van der Waals surface area contributed by atoms with Crippen LogP contribution < -0.4 is 5.32 Å². The Hall–Kier alpha value is -1.17. The summed E-state index contributed by atoms with van der Waals surface area (Å²) in [6, 6.07) is -0.628. The molecule has 1 amide bonds. The zero-order valence-corrected chi connectivity index (χ0v) is 25.6. The predicted molar refractivity (Wildman–Crippen MR) is 165 cm³/mol. The Kier molecular flexibility index (Phi) is 23.7. The fourth-order valence-electron chi connectivity index (χ4n) is 5.12. The molecule has 0 aromatic carbocycles. The Balaban J connectivity index is 1.96. The number of hydrogen-bond acceptors (Lipinski definition) is 4. The van der Waals surface area contributed by atoms with Gasteiger partial charge in [-0.25, -0.2) is 0 Å². The van der Waals surface area contributed by atoms with Crippen molar-refractivity contribution in [3.63, 3.8) is 0 Å². The van der Waals surface area contributed by atoms with E-state index in [0.717, 1.165) is 44.9 Å². The van der Waals surface area contributed by atoms with Crippen LogP contribution in [0.15, 0.2) is 24.3 Å². The van der Waals surface area contributed by atoms with Crippen molar-refractivity contribution in [2.75, 3.05) is 6.61 Å². The first-order chi connectivity index (χ1) is 19.1. The number of aliphatic hydroxyl groups is 2. The molecule has 4 atom stereocenters. The van der Waals surface area contributed by atoms with E-state index in [1.54, 1.807) is 6.08 Å². The van der Waals surface area contributed by atoms with Gasteiger partial charge in [0.25, 0.3) is 0 Å². The van der Waals surface area contributed by atoms with Crippen molar-refractivity contribution in [2.45, 2.75) is 179 Å². The van der Waals surface area contributed by atoms with Gasteiger partial charge in [0.2, 0.25) is 5.91 Å². The smallest absolute Gasteiger partial charge is 0.220 e. The van der Waals surface area contributed by atoms with E-state index in [4.69, 9.17) is 4.74 Å². The van der Waals surface area contributed by atoms with Crippen LogP contribution in [0.4, 0.5) is 0 Å². The molecule has 3 N–H and O–H groups in total. The molecule has 2 unspecified atom stereocenters. The lowest BCUT2D eigenvalue weighted by molar-refractivity contribution is -0.123. The highest BCUT2D eigenvalue weighted by molar-refractivity contribution is 5.76. The van der Waals surface area contributed by atoms with Gasteiger partial charge in [-0.2, -0.15) is 0 Å². The lowest BCUT2D eigenvalue weighted by Gasteiger charge is -2.20. The van der Waals surface area contributed by atoms with Crippen molar-refractivity contribution in [1.82, 2.24) is 5.32 Å². The summed E-state index contributed by atoms with van der Waals surface area (Å²) in [5.74, 6) is -0.0846. The molecule has 1 heterocycles. The number of amides is 1. The van der Waals surface area contributed by atoms with Crippen LogP contribution in [0.3, 0.4) is 0 Å². The van der Waals surface area contributed by atoms with Crippen molar-refractivity contribution in [2.24, 2.45) is 0 Å². The number of allylic oxidation sites excluding steroid dienone is 2. The van der Waals surface area contributed by atoms with E-state index >= 15 is 0 Å². The zero-order chi connectivity index (χ0) is 28.4. The highest BCUT2D eigenvalue weighted by Crippen LogP contribution is 2.30. The van der Waals surface area contributed by atoms with Crippen molar-refractivity contribution in [1.29, 1.82) is 0 Å². The molecule has 5 nitrogen and oxygen atoms in total. The van der Waals surface area contributed by atoms with Gasteiger partial charge >= 0.3 is 0 Å². The van der Waals surface area contributed by atoms with E-state index in [-0.39, 0.29) is 12.5 Å². The predicted octanol–water partition coefficient (Wildman–Crippen LogP) is 8.33. The molecule has 228 valence electrons. The average molecular weight is 550 g/mol. The van der Waals surface area contributed by atoms with Gasteiger partial charge in [-0.1, -0.05) is 128 Å². The topological polar surface area (TPSA) is 82.1 Å². The third kappa shape index (κ3) is 21.3. The molecule has 0 bridgehead atoms. The third-order valence-electron chi connectivity index (χ3n) is 7.85. The van der Waals surface area contributed by atoms with Crippen LogP contribution in [-0.4, -0.2) is 47.1 Å². The fraction of sp³-hybridized carbons (Fsp3) is 0.853. The minimum atomic E-state index is -0.844. The van der Waals surface area contributed by atoms with Crippen LogP contribution in [0.5, 0.6) is 0 Å². The molecule has 0 spiro atoms. The summed E-state index contributed by atoms with van der Waals surface area (Å²) in [7, 11) is 0. The molecule has 39 heavy (non-hydrogen) atoms. The van der Waals surface area contributed by atoms with Gasteiger partial charge in [-0.3, -0.25) is 4.79 Å². The van der Waals surface area contributed by atoms with Crippen molar-refractivity contribution >= 4 is 5.91 Å². The van der Waals surface area contributed by atoms with E-state index in [1.165, 1.54) is 89.9 Å². The molecule has 1 rings (SSSR count). The number of ether oxygens (including phenoxy) is 1. The Labute approximate surface area is 241 Å². The Morgan fingerprint density at radius 3 is 1.95 bits per heavy atom. The van der Waals surface area contributed by atoms with E-state index in [2.05, 4.69) is 31.3 Å². The van der Waals surface area contributed by atoms with Crippen molar-refractivity contribution in [3.8, 4) is 0 Å². The molecule has 1 fully saturated rings. The van der Waals surface area contributed by atoms with Crippen molar-refractivity contribution in [3.05, 3.63) is 24.3 Å². The van der Waals surface area contributed by atoms with Gasteiger partial charge in [-0.05, 0) is 44.9 Å². The molecule has 0 aliphatic carbocycles. The summed E-state index contributed by atoms with van der Waals surface area (Å²) < 4.78 is 5.73. The molecule has 1 aliphatic rings. The van der Waals surface area contributed by atoms with E-state index < -0.39 is 12.1 Å². The first-order valence-corrected chi connectivity index (χ1v) is 16.7. The summed E-state index contributed by atoms with van der Waals surface area (Å²) in [6.07, 6.45) is 34.2. The fourth-order valence-corrected chi connectivity index (χ4v) is 5.12. The number of carbonyl (C=O) groups excluding carboxylic acids is 1. The standard InChI is InChI=1S/C34H63NO4/c1-3-5-7-8-9-10-11-12-15-18-22-25-31(37)30(29-36)35-34(38)28-24-20-17-14-13-16-19-23-27-33-32(39-33)26-21-6-4-2/h19,22-23,25,30-33,36-37H,3-18,20-21,24,26-29H2,1-2H3,(H,35,38)/b23-19-,25-22+/t30-,31+,32?,33?/m0/s1. The molecule has 0 aromatic rings. The number of aliphatic hydroxyl groups excluding tert-OH is 2. The number of carbonyl (C=O) groups is 1. The minimum Gasteiger partial charge on any atom is -0.394 e. The Morgan fingerprint density at radius 2 is 1.31 bits per heavy atom. The highest BCUT2D eigenvalue weighted by atomic mass is 16.6. The molecule has 1 aliphatic heterocycles. The summed E-state index contributed by atoms with van der Waals surface area (Å²) in [5, 5.41) is 22.8. The summed E-state index contributed by atoms with van der Waals surface area (Å²) >= 11 is 0. The third-order valence-corrected chi connectivity index (χ3v) is 7.85. The monoisotopic (exact) mass is 549 g/mol. The molecule has 1 saturated heterocycles. The number of unbranched alkanes of at least 4 members (excludes halogenated alkanes) is 16. The molecular weight excluding hydrogens is 486 g/mol. The normalized spacial score (nSPS) is 18.7. The molecule has 0 aromatic heterocycles. The number of rotatable bonds is 28. The minimum absolute atomic E-state index is 0.0846. The van der Waals surface area contributed by atoms with Gasteiger partial charge in [0.05, 0.1) is 31.0 Å². The second-order valence-electron chi connectivity index (χ2n) is 11.6. The average Bonchev–Trinajstić information content (AvgIpc) is 3.69. The van der Waals surface area contributed by atoms with Gasteiger partial charge < -0.3 is 20.3 Å². The van der Waals surface area contributed by atoms with Crippen LogP contribution in [-0.2, 0) is 9.53 Å². The van der Waals surface area contributed by atoms with E-state index in [9.17, 15) is 15.0 Å². The first-order valence-electron chi connectivity index (χ1n) is 16.7. The second kappa shape index (κ2) is 25.8. The Morgan fingerprint density at radius 1 is 0.744 bits per heavy atom. The van der Waals surface area contributed by atoms with Crippen LogP contribution in [0.25, 0.3) is 0 Å². The molecule has 0 saturated carbocycles. The molecule has 0 radical (unpaired) electrons. The number of nitrogens with one attached hydrogen (secondary N) is 1. The summed E-state index contributed by atoms with van der Waals surface area (Å²) in [5.41, 5.74) is 0. The van der Waals surface area contributed by atoms with Crippen LogP contribution in [0.2, 0.25) is 0 Å². The quantitative estimate of drug-likeness (QED) is 0.0520. The lowest BCUT2D eigenvalue weighted by Crippen LogP contribution is -2.45. The Bertz CT molecular complexity index is 620. The lowest BCUT2D eigenvalue weighted by atomic mass is 10.1.